The van der Waals surface area contributed by atoms with Gasteiger partial charge in [-0.1, -0.05) is 0 Å². The summed E-state index contributed by atoms with van der Waals surface area (Å²) >= 11 is 0. The third-order valence-electron chi connectivity index (χ3n) is 3.58. The van der Waals surface area contributed by atoms with Crippen LogP contribution < -0.4 is 14.8 Å². The minimum absolute atomic E-state index is 0. The molecule has 0 unspecified atom stereocenters. The molecule has 9 heteroatoms. The van der Waals surface area contributed by atoms with Crippen LogP contribution in [0.15, 0.2) is 18.2 Å². The van der Waals surface area contributed by atoms with E-state index in [0.29, 0.717) is 11.3 Å². The number of hydrogen-bond acceptors (Lipinski definition) is 4. The quantitative estimate of drug-likeness (QED) is 0.872. The first-order chi connectivity index (χ1) is 9.90. The van der Waals surface area contributed by atoms with Gasteiger partial charge in [0.05, 0.1) is 7.11 Å². The smallest absolute Gasteiger partial charge is 0.496 e. The molecule has 1 heterocycles. The van der Waals surface area contributed by atoms with E-state index >= 15 is 0 Å². The van der Waals surface area contributed by atoms with Crippen molar-refractivity contribution >= 4 is 24.8 Å². The molecule has 0 spiro atoms. The normalized spacial score (nSPS) is 16.7. The maximum atomic E-state index is 12.3. The predicted octanol–water partition coefficient (Wildman–Crippen LogP) is 3.40. The van der Waals surface area contributed by atoms with Crippen molar-refractivity contribution in [2.75, 3.05) is 33.3 Å². The summed E-state index contributed by atoms with van der Waals surface area (Å²) in [6, 6.07) is 4.13. The number of nitrogens with one attached hydrogen (secondary N) is 1. The summed E-state index contributed by atoms with van der Waals surface area (Å²) in [7, 11) is 1.51. The van der Waals surface area contributed by atoms with E-state index in [1.807, 2.05) is 6.92 Å². The average molecular weight is 377 g/mol. The van der Waals surface area contributed by atoms with Gasteiger partial charge in [-0.25, -0.2) is 0 Å². The van der Waals surface area contributed by atoms with Crippen LogP contribution in [0.3, 0.4) is 0 Å². The second-order valence-electron chi connectivity index (χ2n) is 4.91. The lowest BCUT2D eigenvalue weighted by atomic mass is 10.0. The molecule has 23 heavy (non-hydrogen) atoms. The molecule has 1 aromatic rings. The van der Waals surface area contributed by atoms with Gasteiger partial charge in [0.1, 0.15) is 11.5 Å². The minimum Gasteiger partial charge on any atom is -0.496 e. The zero-order valence-electron chi connectivity index (χ0n) is 12.9. The van der Waals surface area contributed by atoms with Gasteiger partial charge in [-0.05, 0) is 25.1 Å². The Balaban J connectivity index is 0.00000242. The second-order valence-corrected chi connectivity index (χ2v) is 4.91. The van der Waals surface area contributed by atoms with E-state index in [0.717, 1.165) is 26.2 Å². The molecule has 0 saturated carbocycles. The highest BCUT2D eigenvalue weighted by molar-refractivity contribution is 5.85. The number of methoxy groups -OCH3 is 1. The van der Waals surface area contributed by atoms with Crippen molar-refractivity contribution in [3.63, 3.8) is 0 Å². The Morgan fingerprint density at radius 2 is 1.78 bits per heavy atom. The molecule has 4 nitrogen and oxygen atoms in total. The van der Waals surface area contributed by atoms with Crippen LogP contribution in [0, 0.1) is 0 Å². The van der Waals surface area contributed by atoms with Crippen molar-refractivity contribution < 1.29 is 22.6 Å². The lowest BCUT2D eigenvalue weighted by Crippen LogP contribution is -2.44. The molecule has 1 N–H and O–H groups in total. The third kappa shape index (κ3) is 6.25. The van der Waals surface area contributed by atoms with Gasteiger partial charge in [0, 0.05) is 37.8 Å². The fourth-order valence-electron chi connectivity index (χ4n) is 2.50. The molecule has 1 saturated heterocycles. The number of benzene rings is 1. The minimum atomic E-state index is -4.69. The van der Waals surface area contributed by atoms with E-state index in [9.17, 15) is 13.2 Å². The van der Waals surface area contributed by atoms with Gasteiger partial charge in [-0.15, -0.1) is 38.0 Å². The van der Waals surface area contributed by atoms with Crippen molar-refractivity contribution in [3.8, 4) is 11.5 Å². The summed E-state index contributed by atoms with van der Waals surface area (Å²) < 4.78 is 46.3. The van der Waals surface area contributed by atoms with Crippen LogP contribution in [0.1, 0.15) is 18.5 Å². The van der Waals surface area contributed by atoms with Gasteiger partial charge in [0.15, 0.2) is 0 Å². The highest BCUT2D eigenvalue weighted by atomic mass is 35.5. The maximum absolute atomic E-state index is 12.3. The number of rotatable bonds is 4. The zero-order valence-corrected chi connectivity index (χ0v) is 14.5. The topological polar surface area (TPSA) is 33.7 Å². The van der Waals surface area contributed by atoms with E-state index in [1.54, 1.807) is 0 Å². The summed E-state index contributed by atoms with van der Waals surface area (Å²) in [4.78, 5) is 2.20. The standard InChI is InChI=1S/C14H19F3N2O2.2ClH/c1-10(19-7-5-18-6-8-19)12-9-11(21-14(15,16)17)3-4-13(12)20-2;;/h3-4,9-10,18H,5-8H2,1-2H3;2*1H/t10-;;/m1../s1. The second kappa shape index (κ2) is 9.42. The van der Waals surface area contributed by atoms with Gasteiger partial charge < -0.3 is 14.8 Å². The Bertz CT molecular complexity index is 484. The zero-order chi connectivity index (χ0) is 15.5. The van der Waals surface area contributed by atoms with E-state index in [4.69, 9.17) is 4.74 Å². The highest BCUT2D eigenvalue weighted by Gasteiger charge is 2.32. The summed E-state index contributed by atoms with van der Waals surface area (Å²) in [5.74, 6) is 0.343. The van der Waals surface area contributed by atoms with Crippen molar-refractivity contribution in [1.82, 2.24) is 10.2 Å². The number of piperazine rings is 1. The number of alkyl halides is 3. The van der Waals surface area contributed by atoms with Crippen molar-refractivity contribution in [2.24, 2.45) is 0 Å². The predicted molar refractivity (Wildman–Crippen MR) is 87.0 cm³/mol. The number of nitrogens with zero attached hydrogens (tertiary/aromatic N) is 1. The van der Waals surface area contributed by atoms with E-state index in [1.165, 1.54) is 25.3 Å². The summed E-state index contributed by atoms with van der Waals surface area (Å²) in [5, 5.41) is 3.25. The van der Waals surface area contributed by atoms with Crippen LogP contribution >= 0.6 is 24.8 Å². The van der Waals surface area contributed by atoms with Crippen LogP contribution in [0.5, 0.6) is 11.5 Å². The Kier molecular flexibility index (Phi) is 9.05. The Morgan fingerprint density at radius 3 is 2.30 bits per heavy atom. The summed E-state index contributed by atoms with van der Waals surface area (Å²) in [5.41, 5.74) is 0.696. The fraction of sp³-hybridized carbons (Fsp3) is 0.571. The highest BCUT2D eigenvalue weighted by Crippen LogP contribution is 2.34. The molecule has 0 aromatic heterocycles. The van der Waals surface area contributed by atoms with Crippen LogP contribution in [0.2, 0.25) is 0 Å². The largest absolute Gasteiger partial charge is 0.573 e. The van der Waals surface area contributed by atoms with Crippen molar-refractivity contribution in [3.05, 3.63) is 23.8 Å². The van der Waals surface area contributed by atoms with Gasteiger partial charge in [-0.2, -0.15) is 0 Å². The summed E-state index contributed by atoms with van der Waals surface area (Å²) in [6.45, 7) is 5.38. The first-order valence-electron chi connectivity index (χ1n) is 6.79. The Hall–Kier alpha value is -0.890. The van der Waals surface area contributed by atoms with E-state index in [-0.39, 0.29) is 36.6 Å². The molecule has 1 fully saturated rings. The first kappa shape index (κ1) is 22.1. The molecule has 1 aromatic carbocycles. The molecule has 0 amide bonds. The molecule has 1 aliphatic rings. The Labute approximate surface area is 146 Å². The van der Waals surface area contributed by atoms with Gasteiger partial charge in [-0.3, -0.25) is 4.90 Å². The van der Waals surface area contributed by atoms with Crippen LogP contribution in [0.4, 0.5) is 13.2 Å². The molecular weight excluding hydrogens is 356 g/mol. The Morgan fingerprint density at radius 1 is 1.17 bits per heavy atom. The third-order valence-corrected chi connectivity index (χ3v) is 3.58. The SMILES string of the molecule is COc1ccc(OC(F)(F)F)cc1[C@@H](C)N1CCNCC1.Cl.Cl. The van der Waals surface area contributed by atoms with Gasteiger partial charge in [0.25, 0.3) is 0 Å². The fourth-order valence-corrected chi connectivity index (χ4v) is 2.50. The van der Waals surface area contributed by atoms with Crippen LogP contribution in [0.25, 0.3) is 0 Å². The monoisotopic (exact) mass is 376 g/mol. The van der Waals surface area contributed by atoms with Gasteiger partial charge in [0.2, 0.25) is 0 Å². The lowest BCUT2D eigenvalue weighted by Gasteiger charge is -2.33. The summed E-state index contributed by atoms with van der Waals surface area (Å²) in [6.07, 6.45) is -4.69. The maximum Gasteiger partial charge on any atom is 0.573 e. The van der Waals surface area contributed by atoms with Crippen molar-refractivity contribution in [1.29, 1.82) is 0 Å². The van der Waals surface area contributed by atoms with E-state index < -0.39 is 6.36 Å². The number of ether oxygens (including phenoxy) is 2. The van der Waals surface area contributed by atoms with Gasteiger partial charge >= 0.3 is 6.36 Å². The molecule has 2 rings (SSSR count). The van der Waals surface area contributed by atoms with Crippen molar-refractivity contribution in [2.45, 2.75) is 19.3 Å². The molecule has 0 bridgehead atoms. The number of hydrogen-bond donors (Lipinski definition) is 1. The lowest BCUT2D eigenvalue weighted by molar-refractivity contribution is -0.274. The van der Waals surface area contributed by atoms with Crippen LogP contribution in [-0.2, 0) is 0 Å². The average Bonchev–Trinajstić information content (AvgIpc) is 2.45. The molecule has 0 radical (unpaired) electrons. The molecular formula is C14H21Cl2F3N2O2. The molecule has 0 aliphatic carbocycles. The molecule has 134 valence electrons. The molecule has 1 atom stereocenters. The number of halogens is 5. The first-order valence-corrected chi connectivity index (χ1v) is 6.79. The van der Waals surface area contributed by atoms with Crippen LogP contribution in [-0.4, -0.2) is 44.6 Å². The van der Waals surface area contributed by atoms with E-state index in [2.05, 4.69) is 15.0 Å². The molecule has 1 aliphatic heterocycles.